The number of ether oxygens (including phenoxy) is 2. The summed E-state index contributed by atoms with van der Waals surface area (Å²) in [6.45, 7) is 6.46. The number of nitrogens with one attached hydrogen (secondary N) is 1. The Morgan fingerprint density at radius 1 is 1.00 bits per heavy atom. The number of benzene rings is 3. The molecule has 2 N–H and O–H groups in total. The lowest BCUT2D eigenvalue weighted by Crippen LogP contribution is -2.46. The van der Waals surface area contributed by atoms with Gasteiger partial charge in [-0.15, -0.1) is 0 Å². The molecule has 2 aliphatic heterocycles. The van der Waals surface area contributed by atoms with Crippen LogP contribution in [0.2, 0.25) is 0 Å². The molecular weight excluding hydrogens is 642 g/mol. The number of halogens is 2. The number of hydrogen-bond acceptors (Lipinski definition) is 8. The van der Waals surface area contributed by atoms with Gasteiger partial charge in [-0.25, -0.2) is 18.4 Å². The van der Waals surface area contributed by atoms with Gasteiger partial charge in [0.05, 0.1) is 31.9 Å². The van der Waals surface area contributed by atoms with Crippen LogP contribution in [0.15, 0.2) is 73.3 Å². The van der Waals surface area contributed by atoms with E-state index in [2.05, 4.69) is 37.3 Å². The van der Waals surface area contributed by atoms with Gasteiger partial charge in [-0.2, -0.15) is 5.10 Å². The minimum Gasteiger partial charge on any atom is -0.493 e. The van der Waals surface area contributed by atoms with Crippen molar-refractivity contribution in [1.82, 2.24) is 20.1 Å². The Hall–Kier alpha value is -4.55. The van der Waals surface area contributed by atoms with Crippen molar-refractivity contribution in [3.63, 3.8) is 0 Å². The van der Waals surface area contributed by atoms with Gasteiger partial charge in [-0.05, 0) is 80.3 Å². The molecule has 1 saturated carbocycles. The maximum atomic E-state index is 15.0. The molecule has 3 fully saturated rings. The van der Waals surface area contributed by atoms with Crippen LogP contribution < -0.4 is 19.9 Å². The Bertz CT molecular complexity index is 1770. The fraction of sp³-hybridized carbons (Fsp3) is 0.447. The molecule has 3 aliphatic rings. The zero-order chi connectivity index (χ0) is 34.7. The topological polar surface area (TPSA) is 105 Å². The number of nitrogens with zero attached hydrogens (tertiary/aromatic N) is 5. The smallest absolute Gasteiger partial charge is 0.251 e. The molecule has 1 aromatic heterocycles. The fourth-order valence-electron chi connectivity index (χ4n) is 7.56. The predicted octanol–water partition coefficient (Wildman–Crippen LogP) is 5.24. The van der Waals surface area contributed by atoms with Crippen LogP contribution in [0.1, 0.15) is 53.6 Å². The molecule has 264 valence electrons. The summed E-state index contributed by atoms with van der Waals surface area (Å²) < 4.78 is 42.9. The van der Waals surface area contributed by atoms with E-state index in [1.54, 1.807) is 11.0 Å². The highest BCUT2D eigenvalue weighted by Gasteiger charge is 2.44. The number of carbonyl (C=O) groups excluding carboxylic acids is 1. The highest BCUT2D eigenvalue weighted by molar-refractivity contribution is 5.94. The second-order valence-electron chi connectivity index (χ2n) is 13.8. The Morgan fingerprint density at radius 3 is 2.44 bits per heavy atom. The van der Waals surface area contributed by atoms with Crippen molar-refractivity contribution >= 4 is 17.3 Å². The number of piperazine rings is 1. The second-order valence-corrected chi connectivity index (χ2v) is 13.8. The summed E-state index contributed by atoms with van der Waals surface area (Å²) in [7, 11) is 0. The normalized spacial score (nSPS) is 24.0. The van der Waals surface area contributed by atoms with Crippen LogP contribution in [-0.2, 0) is 16.9 Å². The van der Waals surface area contributed by atoms with Crippen molar-refractivity contribution in [2.75, 3.05) is 49.2 Å². The molecule has 4 aromatic rings. The first-order valence-corrected chi connectivity index (χ1v) is 17.5. The third kappa shape index (κ3) is 7.46. The first kappa shape index (κ1) is 33.9. The molecule has 4 atom stereocenters. The summed E-state index contributed by atoms with van der Waals surface area (Å²) in [5.41, 5.74) is 3.13. The molecule has 1 amide bonds. The van der Waals surface area contributed by atoms with Crippen molar-refractivity contribution in [2.45, 2.75) is 63.3 Å². The number of aliphatic hydroxyl groups excluding tert-OH is 1. The molecule has 3 aromatic carbocycles. The van der Waals surface area contributed by atoms with E-state index in [4.69, 9.17) is 9.47 Å². The monoisotopic (exact) mass is 686 g/mol. The number of anilines is 2. The molecule has 0 bridgehead atoms. The quantitative estimate of drug-likeness (QED) is 0.234. The van der Waals surface area contributed by atoms with Gasteiger partial charge in [0.25, 0.3) is 5.91 Å². The zero-order valence-electron chi connectivity index (χ0n) is 28.3. The largest absolute Gasteiger partial charge is 0.493 e. The lowest BCUT2D eigenvalue weighted by Gasteiger charge is -2.37. The number of carbonyl (C=O) groups is 1. The Morgan fingerprint density at radius 2 is 1.74 bits per heavy atom. The number of amides is 1. The molecule has 50 heavy (non-hydrogen) atoms. The van der Waals surface area contributed by atoms with Gasteiger partial charge in [0, 0.05) is 60.7 Å². The lowest BCUT2D eigenvalue weighted by molar-refractivity contribution is -0.0206. The fourth-order valence-corrected chi connectivity index (χ4v) is 7.56. The number of aliphatic hydroxyl groups is 1. The molecule has 0 spiro atoms. The van der Waals surface area contributed by atoms with Gasteiger partial charge in [0.15, 0.2) is 0 Å². The van der Waals surface area contributed by atoms with E-state index in [1.807, 2.05) is 37.3 Å². The minimum atomic E-state index is -1.02. The number of aromatic nitrogens is 3. The summed E-state index contributed by atoms with van der Waals surface area (Å²) in [5, 5.41) is 17.4. The van der Waals surface area contributed by atoms with Crippen molar-refractivity contribution < 1.29 is 28.2 Å². The standard InChI is InChI=1S/C38H44F2N6O4/c1-26-18-31(45-16-14-44(15-17-45)30-9-6-28(7-10-30)37(48)43-34-4-2-3-5-35(34)47)11-13-36(26)49-21-27-20-38(50-22-27,23-46-25-41-24-42-46)32-12-8-29(39)19-33(32)40/h6-13,18-19,24-25,27,34-35,47H,2-5,14-17,20-23H2,1H3,(H,43,48)/t27-,34+,35+,38+/m1/s1. The van der Waals surface area contributed by atoms with E-state index in [0.29, 0.717) is 30.8 Å². The van der Waals surface area contributed by atoms with E-state index >= 15 is 4.39 Å². The van der Waals surface area contributed by atoms with Gasteiger partial charge in [0.2, 0.25) is 0 Å². The summed E-state index contributed by atoms with van der Waals surface area (Å²) >= 11 is 0. The van der Waals surface area contributed by atoms with E-state index in [0.717, 1.165) is 80.6 Å². The highest BCUT2D eigenvalue weighted by atomic mass is 19.1. The van der Waals surface area contributed by atoms with E-state index in [1.165, 1.54) is 18.5 Å². The average molecular weight is 687 g/mol. The van der Waals surface area contributed by atoms with Crippen molar-refractivity contribution in [2.24, 2.45) is 5.92 Å². The summed E-state index contributed by atoms with van der Waals surface area (Å²) in [4.78, 5) is 21.5. The van der Waals surface area contributed by atoms with Crippen LogP contribution in [0.4, 0.5) is 20.2 Å². The van der Waals surface area contributed by atoms with Gasteiger partial charge < -0.3 is 29.7 Å². The summed E-state index contributed by atoms with van der Waals surface area (Å²) in [6, 6.07) is 17.4. The minimum absolute atomic E-state index is 0.0108. The lowest BCUT2D eigenvalue weighted by atomic mass is 9.87. The molecule has 1 aliphatic carbocycles. The number of hydrogen-bond donors (Lipinski definition) is 2. The van der Waals surface area contributed by atoms with Crippen LogP contribution >= 0.6 is 0 Å². The van der Waals surface area contributed by atoms with E-state index < -0.39 is 23.3 Å². The third-order valence-electron chi connectivity index (χ3n) is 10.3. The zero-order valence-corrected chi connectivity index (χ0v) is 28.3. The van der Waals surface area contributed by atoms with Crippen LogP contribution in [0.3, 0.4) is 0 Å². The van der Waals surface area contributed by atoms with Gasteiger partial charge in [0.1, 0.15) is 35.6 Å². The predicted molar refractivity (Wildman–Crippen MR) is 185 cm³/mol. The second kappa shape index (κ2) is 14.7. The molecule has 0 radical (unpaired) electrons. The summed E-state index contributed by atoms with van der Waals surface area (Å²) in [6.07, 6.45) is 6.59. The molecule has 3 heterocycles. The molecule has 12 heteroatoms. The third-order valence-corrected chi connectivity index (χ3v) is 10.3. The molecule has 2 saturated heterocycles. The first-order chi connectivity index (χ1) is 24.3. The van der Waals surface area contributed by atoms with Crippen LogP contribution in [0.25, 0.3) is 0 Å². The van der Waals surface area contributed by atoms with Crippen LogP contribution in [0, 0.1) is 24.5 Å². The van der Waals surface area contributed by atoms with E-state index in [-0.39, 0.29) is 24.4 Å². The molecule has 10 nitrogen and oxygen atoms in total. The van der Waals surface area contributed by atoms with Gasteiger partial charge in [-0.3, -0.25) is 4.79 Å². The average Bonchev–Trinajstić information content (AvgIpc) is 3.79. The molecular formula is C38H44F2N6O4. The van der Waals surface area contributed by atoms with Crippen molar-refractivity contribution in [1.29, 1.82) is 0 Å². The Kier molecular flexibility index (Phi) is 10.0. The van der Waals surface area contributed by atoms with Crippen molar-refractivity contribution in [3.05, 3.63) is 102 Å². The Labute approximate surface area is 291 Å². The number of aryl methyl sites for hydroxylation is 1. The Balaban J connectivity index is 0.920. The summed E-state index contributed by atoms with van der Waals surface area (Å²) in [5.74, 6) is -0.637. The molecule has 7 rings (SSSR count). The van der Waals surface area contributed by atoms with Gasteiger partial charge >= 0.3 is 0 Å². The maximum Gasteiger partial charge on any atom is 0.251 e. The SMILES string of the molecule is Cc1cc(N2CCN(c3ccc(C(=O)N[C@H]4CCCC[C@@H]4O)cc3)CC2)ccc1OC[C@@H]1CO[C@@](Cn2cncn2)(c2ccc(F)cc2F)C1. The molecule has 0 unspecified atom stereocenters. The van der Waals surface area contributed by atoms with Crippen molar-refractivity contribution in [3.8, 4) is 5.75 Å². The maximum absolute atomic E-state index is 15.0. The highest BCUT2D eigenvalue weighted by Crippen LogP contribution is 2.42. The van der Waals surface area contributed by atoms with Crippen LogP contribution in [-0.4, -0.2) is 77.3 Å². The van der Waals surface area contributed by atoms with Crippen LogP contribution in [0.5, 0.6) is 5.75 Å². The van der Waals surface area contributed by atoms with E-state index in [9.17, 15) is 14.3 Å². The van der Waals surface area contributed by atoms with Gasteiger partial charge in [-0.1, -0.05) is 18.9 Å². The number of rotatable bonds is 10. The first-order valence-electron chi connectivity index (χ1n) is 17.5.